The van der Waals surface area contributed by atoms with Crippen LogP contribution in [0.4, 0.5) is 33.7 Å². The zero-order chi connectivity index (χ0) is 29.0. The Labute approximate surface area is 230 Å². The van der Waals surface area contributed by atoms with Crippen molar-refractivity contribution in [3.8, 4) is 28.9 Å². The molecule has 0 unspecified atom stereocenters. The van der Waals surface area contributed by atoms with Gasteiger partial charge in [0.25, 0.3) is 0 Å². The Bertz CT molecular complexity index is 1570. The van der Waals surface area contributed by atoms with Gasteiger partial charge in [0.15, 0.2) is 11.5 Å². The first-order valence-electron chi connectivity index (χ1n) is 12.1. The second-order valence-electron chi connectivity index (χ2n) is 8.54. The quantitative estimate of drug-likeness (QED) is 0.194. The summed E-state index contributed by atoms with van der Waals surface area (Å²) in [6, 6.07) is 8.50. The van der Waals surface area contributed by atoms with Crippen LogP contribution in [0.25, 0.3) is 10.9 Å². The molecule has 214 valence electrons. The first kappa shape index (κ1) is 27.7. The van der Waals surface area contributed by atoms with Crippen molar-refractivity contribution in [1.82, 2.24) is 9.97 Å². The van der Waals surface area contributed by atoms with Crippen molar-refractivity contribution in [3.05, 3.63) is 66.2 Å². The van der Waals surface area contributed by atoms with E-state index in [2.05, 4.69) is 20.6 Å². The number of halogens is 4. The average Bonchev–Trinajstić information content (AvgIpc) is 2.95. The van der Waals surface area contributed by atoms with Gasteiger partial charge in [-0.15, -0.1) is 0 Å². The molecule has 10 nitrogen and oxygen atoms in total. The number of amides is 2. The molecular weight excluding hydrogens is 552 g/mol. The van der Waals surface area contributed by atoms with E-state index in [0.29, 0.717) is 78.5 Å². The van der Waals surface area contributed by atoms with E-state index in [1.54, 1.807) is 13.2 Å². The molecule has 0 radical (unpaired) electrons. The van der Waals surface area contributed by atoms with E-state index in [-0.39, 0.29) is 11.6 Å². The zero-order valence-corrected chi connectivity index (χ0v) is 21.4. The summed E-state index contributed by atoms with van der Waals surface area (Å²) >= 11 is 0. The summed E-state index contributed by atoms with van der Waals surface area (Å²) < 4.78 is 81.2. The fourth-order valence-corrected chi connectivity index (χ4v) is 3.90. The maximum atomic E-state index is 14.0. The van der Waals surface area contributed by atoms with Gasteiger partial charge in [0.05, 0.1) is 23.4 Å². The van der Waals surface area contributed by atoms with Crippen LogP contribution in [0.3, 0.4) is 0 Å². The van der Waals surface area contributed by atoms with Crippen molar-refractivity contribution in [3.63, 3.8) is 0 Å². The summed E-state index contributed by atoms with van der Waals surface area (Å²) in [6.45, 7) is 1.29. The van der Waals surface area contributed by atoms with Crippen molar-refractivity contribution in [2.45, 2.75) is 6.18 Å². The number of ether oxygens (including phenoxy) is 5. The number of alkyl halides is 3. The van der Waals surface area contributed by atoms with Crippen LogP contribution in [0.2, 0.25) is 0 Å². The van der Waals surface area contributed by atoms with Crippen LogP contribution in [0.5, 0.6) is 28.9 Å². The molecule has 0 bridgehead atoms. The van der Waals surface area contributed by atoms with E-state index >= 15 is 0 Å². The van der Waals surface area contributed by atoms with E-state index in [4.69, 9.17) is 23.7 Å². The molecule has 0 fully saturated rings. The molecule has 0 spiro atoms. The molecule has 4 aromatic rings. The normalized spacial score (nSPS) is 12.6. The van der Waals surface area contributed by atoms with Gasteiger partial charge in [0, 0.05) is 18.9 Å². The third-order valence-electron chi connectivity index (χ3n) is 5.76. The molecule has 14 heteroatoms. The van der Waals surface area contributed by atoms with Crippen LogP contribution >= 0.6 is 0 Å². The Hall–Kier alpha value is -4.85. The molecule has 1 aliphatic rings. The minimum atomic E-state index is -4.69. The predicted octanol–water partition coefficient (Wildman–Crippen LogP) is 6.02. The minimum Gasteiger partial charge on any atom is -0.487 e. The highest BCUT2D eigenvalue weighted by Crippen LogP contribution is 2.47. The number of fused-ring (bicyclic) bond motifs is 3. The molecule has 2 amide bonds. The second-order valence-corrected chi connectivity index (χ2v) is 8.54. The van der Waals surface area contributed by atoms with Crippen LogP contribution in [0.15, 0.2) is 54.9 Å². The number of anilines is 2. The Morgan fingerprint density at radius 2 is 1.73 bits per heavy atom. The van der Waals surface area contributed by atoms with Gasteiger partial charge < -0.3 is 34.3 Å². The number of carbonyl (C=O) groups excluding carboxylic acids is 1. The maximum Gasteiger partial charge on any atom is 0.416 e. The standard InChI is InChI=1S/C27H22F4N4O6/c1-37-8-9-38-21-13-20-22(24-23(21)39-10-11-40-24)25(33-14-32-20)41-17-5-3-16(4-6-17)34-26(36)35-19-12-15(27(29,30)31)2-7-18(19)28/h2-7,12-14H,8-11H2,1H3,(H2,34,35,36). The highest BCUT2D eigenvalue weighted by Gasteiger charge is 2.31. The fourth-order valence-electron chi connectivity index (χ4n) is 3.90. The van der Waals surface area contributed by atoms with Gasteiger partial charge >= 0.3 is 12.2 Å². The second kappa shape index (κ2) is 11.7. The first-order chi connectivity index (χ1) is 19.7. The Kier molecular flexibility index (Phi) is 7.92. The topological polar surface area (TPSA) is 113 Å². The molecule has 2 N–H and O–H groups in total. The smallest absolute Gasteiger partial charge is 0.416 e. The maximum absolute atomic E-state index is 14.0. The highest BCUT2D eigenvalue weighted by molar-refractivity contribution is 6.00. The lowest BCUT2D eigenvalue weighted by atomic mass is 10.1. The van der Waals surface area contributed by atoms with Crippen molar-refractivity contribution in [2.75, 3.05) is 44.2 Å². The molecular formula is C27H22F4N4O6. The lowest BCUT2D eigenvalue weighted by Crippen LogP contribution is -2.20. The number of carbonyl (C=O) groups is 1. The molecule has 2 heterocycles. The third-order valence-corrected chi connectivity index (χ3v) is 5.76. The number of nitrogens with zero attached hydrogens (tertiary/aromatic N) is 2. The molecule has 0 atom stereocenters. The summed E-state index contributed by atoms with van der Waals surface area (Å²) in [4.78, 5) is 20.8. The van der Waals surface area contributed by atoms with E-state index in [1.165, 1.54) is 30.6 Å². The number of rotatable bonds is 8. The molecule has 5 rings (SSSR count). The molecule has 0 saturated heterocycles. The number of benzene rings is 3. The van der Waals surface area contributed by atoms with Crippen molar-refractivity contribution in [2.24, 2.45) is 0 Å². The lowest BCUT2D eigenvalue weighted by molar-refractivity contribution is -0.137. The summed E-state index contributed by atoms with van der Waals surface area (Å²) in [7, 11) is 1.56. The Morgan fingerprint density at radius 3 is 2.46 bits per heavy atom. The van der Waals surface area contributed by atoms with Gasteiger partial charge in [0.1, 0.15) is 43.1 Å². The van der Waals surface area contributed by atoms with E-state index in [9.17, 15) is 22.4 Å². The molecule has 1 aromatic heterocycles. The molecule has 3 aromatic carbocycles. The number of urea groups is 1. The lowest BCUT2D eigenvalue weighted by Gasteiger charge is -2.23. The number of methoxy groups -OCH3 is 1. The monoisotopic (exact) mass is 574 g/mol. The van der Waals surface area contributed by atoms with Gasteiger partial charge in [-0.2, -0.15) is 13.2 Å². The predicted molar refractivity (Wildman–Crippen MR) is 138 cm³/mol. The van der Waals surface area contributed by atoms with E-state index in [0.717, 1.165) is 0 Å². The van der Waals surface area contributed by atoms with E-state index < -0.39 is 29.3 Å². The Balaban J connectivity index is 1.32. The average molecular weight is 574 g/mol. The van der Waals surface area contributed by atoms with Gasteiger partial charge in [0.2, 0.25) is 11.6 Å². The van der Waals surface area contributed by atoms with Crippen LogP contribution in [-0.2, 0) is 10.9 Å². The fraction of sp³-hybridized carbons (Fsp3) is 0.222. The SMILES string of the molecule is COCCOc1cc2ncnc(Oc3ccc(NC(=O)Nc4cc(C(F)(F)F)ccc4F)cc3)c2c2c1OCCO2. The van der Waals surface area contributed by atoms with Crippen molar-refractivity contribution >= 4 is 28.3 Å². The van der Waals surface area contributed by atoms with Gasteiger partial charge in [-0.1, -0.05) is 0 Å². The number of hydrogen-bond donors (Lipinski definition) is 2. The largest absolute Gasteiger partial charge is 0.487 e. The van der Waals surface area contributed by atoms with Crippen LogP contribution in [-0.4, -0.2) is 49.5 Å². The van der Waals surface area contributed by atoms with Gasteiger partial charge in [-0.05, 0) is 42.5 Å². The molecule has 0 aliphatic carbocycles. The first-order valence-corrected chi connectivity index (χ1v) is 12.1. The van der Waals surface area contributed by atoms with Gasteiger partial charge in [-0.25, -0.2) is 19.2 Å². The summed E-state index contributed by atoms with van der Waals surface area (Å²) in [5.74, 6) is 0.701. The van der Waals surface area contributed by atoms with Crippen molar-refractivity contribution < 1.29 is 46.0 Å². The summed E-state index contributed by atoms with van der Waals surface area (Å²) in [5, 5.41) is 4.97. The van der Waals surface area contributed by atoms with Crippen LogP contribution in [0.1, 0.15) is 5.56 Å². The summed E-state index contributed by atoms with van der Waals surface area (Å²) in [6.07, 6.45) is -3.37. The number of hydrogen-bond acceptors (Lipinski definition) is 8. The van der Waals surface area contributed by atoms with Gasteiger partial charge in [-0.3, -0.25) is 0 Å². The number of nitrogens with one attached hydrogen (secondary N) is 2. The summed E-state index contributed by atoms with van der Waals surface area (Å²) in [5.41, 5.74) is -0.957. The van der Waals surface area contributed by atoms with Crippen molar-refractivity contribution in [1.29, 1.82) is 0 Å². The zero-order valence-electron chi connectivity index (χ0n) is 21.4. The van der Waals surface area contributed by atoms with Crippen LogP contribution in [0, 0.1) is 5.82 Å². The van der Waals surface area contributed by atoms with Crippen LogP contribution < -0.4 is 29.6 Å². The highest BCUT2D eigenvalue weighted by atomic mass is 19.4. The third kappa shape index (κ3) is 6.32. The minimum absolute atomic E-state index is 0.179. The van der Waals surface area contributed by atoms with E-state index in [1.807, 2.05) is 0 Å². The number of aromatic nitrogens is 2. The Morgan fingerprint density at radius 1 is 0.976 bits per heavy atom. The molecule has 1 aliphatic heterocycles. The molecule has 0 saturated carbocycles. The molecule has 41 heavy (non-hydrogen) atoms.